The van der Waals surface area contributed by atoms with Crippen LogP contribution in [0.15, 0.2) is 12.3 Å². The molecule has 2 N–H and O–H groups in total. The second-order valence-corrected chi connectivity index (χ2v) is 2.03. The zero-order valence-electron chi connectivity index (χ0n) is 5.20. The summed E-state index contributed by atoms with van der Waals surface area (Å²) in [5, 5.41) is 11.1. The van der Waals surface area contributed by atoms with E-state index in [4.69, 9.17) is 5.11 Å². The van der Waals surface area contributed by atoms with Gasteiger partial charge in [0, 0.05) is 12.6 Å². The van der Waals surface area contributed by atoms with Crippen LogP contribution in [0.2, 0.25) is 0 Å². The largest absolute Gasteiger partial charge is 0.383 e. The van der Waals surface area contributed by atoms with Crippen LogP contribution in [0.4, 0.5) is 0 Å². The number of aliphatic hydroxyl groups is 1. The van der Waals surface area contributed by atoms with Crippen molar-refractivity contribution in [3.05, 3.63) is 12.3 Å². The van der Waals surface area contributed by atoms with Gasteiger partial charge in [0.25, 0.3) is 5.91 Å². The molecule has 1 amide bonds. The maximum absolute atomic E-state index is 10.6. The van der Waals surface area contributed by atoms with E-state index in [0.29, 0.717) is 0 Å². The predicted octanol–water partition coefficient (Wildman–Crippen LogP) is -1.05. The van der Waals surface area contributed by atoms with Gasteiger partial charge in [-0.1, -0.05) is 0 Å². The maximum Gasteiger partial charge on any atom is 0.253 e. The van der Waals surface area contributed by atoms with E-state index in [1.165, 1.54) is 12.3 Å². The summed E-state index contributed by atoms with van der Waals surface area (Å²) in [7, 11) is 0. The molecule has 0 aromatic heterocycles. The number of hydrogen-bond acceptors (Lipinski definition) is 3. The minimum atomic E-state index is -1.19. The fourth-order valence-electron chi connectivity index (χ4n) is 0.664. The molecule has 0 aromatic rings. The molecule has 0 aromatic carbocycles. The van der Waals surface area contributed by atoms with Gasteiger partial charge in [-0.05, 0) is 6.08 Å². The number of rotatable bonds is 0. The van der Waals surface area contributed by atoms with Crippen LogP contribution in [0.1, 0.15) is 6.42 Å². The van der Waals surface area contributed by atoms with Crippen molar-refractivity contribution in [2.75, 3.05) is 0 Å². The first-order valence-electron chi connectivity index (χ1n) is 2.88. The van der Waals surface area contributed by atoms with Gasteiger partial charge in [-0.25, -0.2) is 0 Å². The highest BCUT2D eigenvalue weighted by Gasteiger charge is 2.18. The lowest BCUT2D eigenvalue weighted by Gasteiger charge is -2.01. The third-order valence-electron chi connectivity index (χ3n) is 1.19. The number of nitrogens with one attached hydrogen (secondary N) is 1. The molecule has 1 aliphatic heterocycles. The summed E-state index contributed by atoms with van der Waals surface area (Å²) < 4.78 is 0. The van der Waals surface area contributed by atoms with Crippen LogP contribution in [0, 0.1) is 0 Å². The van der Waals surface area contributed by atoms with Crippen LogP contribution < -0.4 is 5.32 Å². The molecule has 0 radical (unpaired) electrons. The Morgan fingerprint density at radius 2 is 2.30 bits per heavy atom. The zero-order valence-corrected chi connectivity index (χ0v) is 5.20. The third-order valence-corrected chi connectivity index (χ3v) is 1.19. The Morgan fingerprint density at radius 1 is 1.60 bits per heavy atom. The Hall–Kier alpha value is -1.16. The topological polar surface area (TPSA) is 66.4 Å². The van der Waals surface area contributed by atoms with E-state index in [9.17, 15) is 9.59 Å². The van der Waals surface area contributed by atoms with Crippen molar-refractivity contribution < 1.29 is 14.7 Å². The second-order valence-electron chi connectivity index (χ2n) is 2.03. The van der Waals surface area contributed by atoms with Gasteiger partial charge in [0.2, 0.25) is 0 Å². The Bertz CT molecular complexity index is 197. The number of aliphatic hydroxyl groups excluding tert-OH is 1. The molecule has 0 fully saturated rings. The van der Waals surface area contributed by atoms with Crippen LogP contribution in [-0.2, 0) is 9.59 Å². The molecule has 1 atom stereocenters. The van der Waals surface area contributed by atoms with E-state index in [-0.39, 0.29) is 12.2 Å². The first kappa shape index (κ1) is 6.95. The highest BCUT2D eigenvalue weighted by atomic mass is 16.3. The maximum atomic E-state index is 10.6. The molecule has 0 bridgehead atoms. The number of ketones is 1. The SMILES string of the molecule is O=C1C=CNC(=O)C(O)C1. The molecule has 4 heteroatoms. The first-order valence-corrected chi connectivity index (χ1v) is 2.88. The van der Waals surface area contributed by atoms with Gasteiger partial charge in [0.1, 0.15) is 6.10 Å². The van der Waals surface area contributed by atoms with Crippen LogP contribution in [-0.4, -0.2) is 22.9 Å². The van der Waals surface area contributed by atoms with Gasteiger partial charge in [0.05, 0.1) is 0 Å². The van der Waals surface area contributed by atoms with Crippen molar-refractivity contribution >= 4 is 11.7 Å². The van der Waals surface area contributed by atoms with Crippen molar-refractivity contribution in [2.24, 2.45) is 0 Å². The van der Waals surface area contributed by atoms with Crippen molar-refractivity contribution in [1.29, 1.82) is 0 Å². The Labute approximate surface area is 57.5 Å². The Balaban J connectivity index is 2.69. The van der Waals surface area contributed by atoms with E-state index in [2.05, 4.69) is 5.32 Å². The molecule has 0 spiro atoms. The average Bonchev–Trinajstić information content (AvgIpc) is 1.96. The lowest BCUT2D eigenvalue weighted by molar-refractivity contribution is -0.131. The summed E-state index contributed by atoms with van der Waals surface area (Å²) in [6.07, 6.45) is 1.15. The lowest BCUT2D eigenvalue weighted by atomic mass is 10.2. The normalized spacial score (nSPS) is 25.9. The fourth-order valence-corrected chi connectivity index (χ4v) is 0.664. The van der Waals surface area contributed by atoms with Crippen molar-refractivity contribution in [3.8, 4) is 0 Å². The number of amides is 1. The summed E-state index contributed by atoms with van der Waals surface area (Å²) in [6.45, 7) is 0. The summed E-state index contributed by atoms with van der Waals surface area (Å²) in [5.74, 6) is -0.770. The fraction of sp³-hybridized carbons (Fsp3) is 0.333. The monoisotopic (exact) mass is 141 g/mol. The first-order chi connectivity index (χ1) is 4.70. The molecular formula is C6H7NO3. The van der Waals surface area contributed by atoms with Crippen LogP contribution in [0.25, 0.3) is 0 Å². The van der Waals surface area contributed by atoms with Gasteiger partial charge in [-0.3, -0.25) is 9.59 Å². The molecule has 0 saturated heterocycles. The third kappa shape index (κ3) is 1.41. The Morgan fingerprint density at radius 3 is 3.00 bits per heavy atom. The quantitative estimate of drug-likeness (QED) is 0.452. The van der Waals surface area contributed by atoms with Crippen molar-refractivity contribution in [1.82, 2.24) is 5.32 Å². The summed E-state index contributed by atoms with van der Waals surface area (Å²) in [4.78, 5) is 21.2. The minimum Gasteiger partial charge on any atom is -0.383 e. The van der Waals surface area contributed by atoms with Crippen molar-refractivity contribution in [2.45, 2.75) is 12.5 Å². The molecular weight excluding hydrogens is 134 g/mol. The van der Waals surface area contributed by atoms with E-state index in [1.54, 1.807) is 0 Å². The van der Waals surface area contributed by atoms with Crippen molar-refractivity contribution in [3.63, 3.8) is 0 Å². The molecule has 1 aliphatic rings. The molecule has 1 rings (SSSR count). The van der Waals surface area contributed by atoms with Crippen LogP contribution in [0.5, 0.6) is 0 Å². The average molecular weight is 141 g/mol. The highest BCUT2D eigenvalue weighted by Crippen LogP contribution is 1.97. The minimum absolute atomic E-state index is 0.123. The van der Waals surface area contributed by atoms with E-state index in [1.807, 2.05) is 0 Å². The van der Waals surface area contributed by atoms with Gasteiger partial charge < -0.3 is 10.4 Å². The van der Waals surface area contributed by atoms with Crippen LogP contribution >= 0.6 is 0 Å². The second kappa shape index (κ2) is 2.62. The lowest BCUT2D eigenvalue weighted by Crippen LogP contribution is -2.30. The molecule has 0 saturated carbocycles. The van der Waals surface area contributed by atoms with Gasteiger partial charge in [-0.2, -0.15) is 0 Å². The number of hydrogen-bond donors (Lipinski definition) is 2. The highest BCUT2D eigenvalue weighted by molar-refractivity contribution is 5.96. The predicted molar refractivity (Wildman–Crippen MR) is 32.9 cm³/mol. The molecule has 54 valence electrons. The number of carbonyl (C=O) groups is 2. The number of carbonyl (C=O) groups excluding carboxylic acids is 2. The molecule has 0 aliphatic carbocycles. The molecule has 1 unspecified atom stereocenters. The Kier molecular flexibility index (Phi) is 1.82. The smallest absolute Gasteiger partial charge is 0.253 e. The molecule has 1 heterocycles. The van der Waals surface area contributed by atoms with E-state index >= 15 is 0 Å². The summed E-state index contributed by atoms with van der Waals surface area (Å²) in [5.41, 5.74) is 0. The summed E-state index contributed by atoms with van der Waals surface area (Å²) >= 11 is 0. The van der Waals surface area contributed by atoms with E-state index in [0.717, 1.165) is 0 Å². The van der Waals surface area contributed by atoms with Gasteiger partial charge in [-0.15, -0.1) is 0 Å². The zero-order chi connectivity index (χ0) is 7.56. The van der Waals surface area contributed by atoms with Gasteiger partial charge >= 0.3 is 0 Å². The standard InChI is InChI=1S/C6H7NO3/c8-4-1-2-7-6(10)5(9)3-4/h1-2,5,9H,3H2,(H,7,10). The molecule has 10 heavy (non-hydrogen) atoms. The summed E-state index contributed by atoms with van der Waals surface area (Å²) in [6, 6.07) is 0. The van der Waals surface area contributed by atoms with E-state index < -0.39 is 12.0 Å². The van der Waals surface area contributed by atoms with Gasteiger partial charge in [0.15, 0.2) is 5.78 Å². The molecule has 4 nitrogen and oxygen atoms in total. The van der Waals surface area contributed by atoms with Crippen LogP contribution in [0.3, 0.4) is 0 Å². The number of allylic oxidation sites excluding steroid dienone is 1.